The van der Waals surface area contributed by atoms with Gasteiger partial charge >= 0.3 is 0 Å². The molecule has 0 bridgehead atoms. The zero-order chi connectivity index (χ0) is 22.1. The van der Waals surface area contributed by atoms with Gasteiger partial charge in [-0.3, -0.25) is 0 Å². The topological polar surface area (TPSA) is 91.8 Å². The third-order valence-electron chi connectivity index (χ3n) is 6.41. The van der Waals surface area contributed by atoms with Gasteiger partial charge in [0.25, 0.3) is 0 Å². The van der Waals surface area contributed by atoms with Gasteiger partial charge in [0, 0.05) is 6.54 Å². The van der Waals surface area contributed by atoms with E-state index in [-0.39, 0.29) is 17.2 Å². The first kappa shape index (κ1) is 22.5. The van der Waals surface area contributed by atoms with Crippen LogP contribution in [0, 0.1) is 0 Å². The van der Waals surface area contributed by atoms with Crippen LogP contribution in [0.25, 0.3) is 0 Å². The highest BCUT2D eigenvalue weighted by molar-refractivity contribution is 7.92. The summed E-state index contributed by atoms with van der Waals surface area (Å²) in [6, 6.07) is 15.0. The van der Waals surface area contributed by atoms with Crippen molar-refractivity contribution in [3.8, 4) is 0 Å². The van der Waals surface area contributed by atoms with Crippen molar-refractivity contribution in [2.75, 3.05) is 11.5 Å². The number of sulfone groups is 1. The molecule has 0 spiro atoms. The van der Waals surface area contributed by atoms with Gasteiger partial charge < -0.3 is 5.11 Å². The molecule has 1 saturated heterocycles. The van der Waals surface area contributed by atoms with E-state index in [1.54, 1.807) is 36.4 Å². The summed E-state index contributed by atoms with van der Waals surface area (Å²) in [6.45, 7) is 0.00476. The fourth-order valence-corrected chi connectivity index (χ4v) is 8.25. The lowest BCUT2D eigenvalue weighted by atomic mass is 9.84. The van der Waals surface area contributed by atoms with Gasteiger partial charge in [-0.15, -0.1) is 0 Å². The zero-order valence-electron chi connectivity index (χ0n) is 17.4. The van der Waals surface area contributed by atoms with Gasteiger partial charge in [-0.1, -0.05) is 61.7 Å². The number of nitrogens with zero attached hydrogens (tertiary/aromatic N) is 1. The van der Waals surface area contributed by atoms with E-state index in [0.717, 1.165) is 28.3 Å². The summed E-state index contributed by atoms with van der Waals surface area (Å²) >= 11 is 0. The molecule has 2 fully saturated rings. The van der Waals surface area contributed by atoms with E-state index in [1.807, 2.05) is 18.2 Å². The molecule has 0 radical (unpaired) electrons. The molecular formula is C23H29NO5S2. The summed E-state index contributed by atoms with van der Waals surface area (Å²) < 4.78 is 52.6. The van der Waals surface area contributed by atoms with Crippen LogP contribution < -0.4 is 0 Å². The largest absolute Gasteiger partial charge is 0.390 e. The van der Waals surface area contributed by atoms with Crippen LogP contribution in [0.4, 0.5) is 0 Å². The Morgan fingerprint density at radius 3 is 2.13 bits per heavy atom. The normalized spacial score (nSPS) is 24.5. The first-order valence-corrected chi connectivity index (χ1v) is 14.1. The Hall–Kier alpha value is -1.74. The average molecular weight is 464 g/mol. The maximum absolute atomic E-state index is 13.6. The van der Waals surface area contributed by atoms with Gasteiger partial charge in [0.2, 0.25) is 10.0 Å². The van der Waals surface area contributed by atoms with Crippen molar-refractivity contribution in [3.63, 3.8) is 0 Å². The predicted molar refractivity (Wildman–Crippen MR) is 120 cm³/mol. The number of hydrogen-bond donors (Lipinski definition) is 1. The highest BCUT2D eigenvalue weighted by Gasteiger charge is 2.44. The van der Waals surface area contributed by atoms with Crippen molar-refractivity contribution in [1.29, 1.82) is 0 Å². The lowest BCUT2D eigenvalue weighted by molar-refractivity contribution is 0.125. The van der Waals surface area contributed by atoms with E-state index in [9.17, 15) is 21.9 Å². The summed E-state index contributed by atoms with van der Waals surface area (Å²) in [7, 11) is -7.51. The minimum atomic E-state index is -4.00. The van der Waals surface area contributed by atoms with Crippen molar-refractivity contribution in [2.45, 2.75) is 61.6 Å². The number of rotatable bonds is 6. The molecule has 1 aliphatic heterocycles. The molecular weight excluding hydrogens is 434 g/mol. The Morgan fingerprint density at radius 2 is 1.55 bits per heavy atom. The first-order chi connectivity index (χ1) is 14.8. The van der Waals surface area contributed by atoms with E-state index < -0.39 is 37.8 Å². The standard InChI is InChI=1S/C23H29NO5S2/c25-23-17-30(26,27)16-22(23)24(15-18-7-3-1-4-8-18)31(28,29)21-13-11-20(12-14-21)19-9-5-2-6-10-19/h1,3-4,7-8,11-14,19,22-23,25H,2,5-6,9-10,15-17H2/t22-,23-/m1/s1. The second-order valence-electron chi connectivity index (χ2n) is 8.65. The summed E-state index contributed by atoms with van der Waals surface area (Å²) in [5.74, 6) is -0.327. The molecule has 168 valence electrons. The van der Waals surface area contributed by atoms with E-state index >= 15 is 0 Å². The van der Waals surface area contributed by atoms with Crippen LogP contribution in [0.1, 0.15) is 49.1 Å². The molecule has 4 rings (SSSR count). The molecule has 31 heavy (non-hydrogen) atoms. The van der Waals surface area contributed by atoms with Crippen LogP contribution in [0.15, 0.2) is 59.5 Å². The molecule has 0 amide bonds. The maximum atomic E-state index is 13.6. The fourth-order valence-electron chi connectivity index (χ4n) is 4.71. The van der Waals surface area contributed by atoms with Crippen LogP contribution in [0.5, 0.6) is 0 Å². The van der Waals surface area contributed by atoms with Gasteiger partial charge in [-0.25, -0.2) is 16.8 Å². The number of aliphatic hydroxyl groups is 1. The monoisotopic (exact) mass is 463 g/mol. The molecule has 2 aromatic rings. The lowest BCUT2D eigenvalue weighted by Crippen LogP contribution is -2.46. The van der Waals surface area contributed by atoms with Crippen molar-refractivity contribution >= 4 is 19.9 Å². The molecule has 0 aromatic heterocycles. The second kappa shape index (κ2) is 9.02. The summed E-state index contributed by atoms with van der Waals surface area (Å²) in [4.78, 5) is 0.125. The average Bonchev–Trinajstić information content (AvgIpc) is 3.05. The van der Waals surface area contributed by atoms with Gasteiger partial charge in [0.1, 0.15) is 0 Å². The van der Waals surface area contributed by atoms with Crippen LogP contribution in [-0.2, 0) is 26.4 Å². The first-order valence-electron chi connectivity index (χ1n) is 10.8. The molecule has 8 heteroatoms. The molecule has 2 aromatic carbocycles. The Balaban J connectivity index is 1.66. The smallest absolute Gasteiger partial charge is 0.243 e. The van der Waals surface area contributed by atoms with Crippen LogP contribution in [0.3, 0.4) is 0 Å². The Labute approximate surface area is 184 Å². The number of sulfonamides is 1. The second-order valence-corrected chi connectivity index (χ2v) is 12.7. The summed E-state index contributed by atoms with van der Waals surface area (Å²) in [5.41, 5.74) is 1.89. The van der Waals surface area contributed by atoms with Gasteiger partial charge in [0.05, 0.1) is 28.5 Å². The highest BCUT2D eigenvalue weighted by atomic mass is 32.2. The molecule has 2 aliphatic rings. The van der Waals surface area contributed by atoms with Gasteiger partial charge in [0.15, 0.2) is 9.84 Å². The minimum Gasteiger partial charge on any atom is -0.390 e. The van der Waals surface area contributed by atoms with E-state index in [4.69, 9.17) is 0 Å². The van der Waals surface area contributed by atoms with Crippen LogP contribution >= 0.6 is 0 Å². The molecule has 1 aliphatic carbocycles. The number of benzene rings is 2. The Bertz CT molecular complexity index is 1090. The van der Waals surface area contributed by atoms with Crippen LogP contribution in [0.2, 0.25) is 0 Å². The molecule has 1 heterocycles. The third kappa shape index (κ3) is 5.03. The third-order valence-corrected chi connectivity index (χ3v) is 9.99. The van der Waals surface area contributed by atoms with Crippen molar-refractivity contribution in [3.05, 3.63) is 65.7 Å². The molecule has 1 N–H and O–H groups in total. The number of aliphatic hydroxyl groups excluding tert-OH is 1. The fraction of sp³-hybridized carbons (Fsp3) is 0.478. The zero-order valence-corrected chi connectivity index (χ0v) is 19.1. The number of hydrogen-bond acceptors (Lipinski definition) is 5. The van der Waals surface area contributed by atoms with Crippen LogP contribution in [-0.4, -0.2) is 49.9 Å². The van der Waals surface area contributed by atoms with Crippen molar-refractivity contribution in [2.24, 2.45) is 0 Å². The van der Waals surface area contributed by atoms with E-state index in [2.05, 4.69) is 0 Å². The minimum absolute atomic E-state index is 0.00476. The predicted octanol–water partition coefficient (Wildman–Crippen LogP) is 3.08. The lowest BCUT2D eigenvalue weighted by Gasteiger charge is -2.29. The van der Waals surface area contributed by atoms with Gasteiger partial charge in [-0.2, -0.15) is 4.31 Å². The molecule has 1 saturated carbocycles. The molecule has 6 nitrogen and oxygen atoms in total. The van der Waals surface area contributed by atoms with Gasteiger partial charge in [-0.05, 0) is 42.0 Å². The molecule has 2 atom stereocenters. The van der Waals surface area contributed by atoms with E-state index in [0.29, 0.717) is 5.92 Å². The van der Waals surface area contributed by atoms with Crippen molar-refractivity contribution < 1.29 is 21.9 Å². The maximum Gasteiger partial charge on any atom is 0.243 e. The summed E-state index contributed by atoms with van der Waals surface area (Å²) in [5, 5.41) is 10.4. The quantitative estimate of drug-likeness (QED) is 0.711. The Morgan fingerprint density at radius 1 is 0.903 bits per heavy atom. The highest BCUT2D eigenvalue weighted by Crippen LogP contribution is 2.34. The van der Waals surface area contributed by atoms with Crippen molar-refractivity contribution in [1.82, 2.24) is 4.31 Å². The Kier molecular flexibility index (Phi) is 6.53. The van der Waals surface area contributed by atoms with E-state index in [1.165, 1.54) is 19.3 Å². The SMILES string of the molecule is O=S1(=O)C[C@@H](O)[C@H](N(Cc2ccccc2)S(=O)(=O)c2ccc(C3CCCCC3)cc2)C1. The molecule has 0 unspecified atom stereocenters. The summed E-state index contributed by atoms with van der Waals surface area (Å²) in [6.07, 6.45) is 4.65.